The molecule has 0 aliphatic rings. The minimum atomic E-state index is 0.781. The highest BCUT2D eigenvalue weighted by Gasteiger charge is 2.07. The van der Waals surface area contributed by atoms with E-state index in [1.165, 1.54) is 17.1 Å². The van der Waals surface area contributed by atoms with Crippen molar-refractivity contribution < 1.29 is 4.74 Å². The Balaban J connectivity index is 2.36. The molecule has 5 heteroatoms. The molecule has 1 N–H and O–H groups in total. The van der Waals surface area contributed by atoms with E-state index in [1.54, 1.807) is 18.4 Å². The van der Waals surface area contributed by atoms with Crippen LogP contribution < -0.4 is 5.32 Å². The molecule has 0 fully saturated rings. The Morgan fingerprint density at radius 2 is 2.28 bits per heavy atom. The second kappa shape index (κ2) is 9.44. The van der Waals surface area contributed by atoms with Gasteiger partial charge in [-0.1, -0.05) is 13.8 Å². The monoisotopic (exact) mass is 271 g/mol. The summed E-state index contributed by atoms with van der Waals surface area (Å²) in [5, 5.41) is 6.73. The number of thiazole rings is 1. The van der Waals surface area contributed by atoms with Gasteiger partial charge < -0.3 is 10.1 Å². The normalized spacial score (nSPS) is 11.3. The Labute approximate surface area is 114 Å². The predicted octanol–water partition coefficient (Wildman–Crippen LogP) is 2.11. The molecule has 0 saturated carbocycles. The fraction of sp³-hybridized carbons (Fsp3) is 0.769. The van der Waals surface area contributed by atoms with Crippen molar-refractivity contribution in [3.8, 4) is 0 Å². The Morgan fingerprint density at radius 1 is 1.44 bits per heavy atom. The summed E-state index contributed by atoms with van der Waals surface area (Å²) < 4.78 is 5.11. The van der Waals surface area contributed by atoms with Crippen molar-refractivity contribution in [2.45, 2.75) is 33.4 Å². The lowest BCUT2D eigenvalue weighted by Crippen LogP contribution is -2.26. The van der Waals surface area contributed by atoms with Crippen molar-refractivity contribution in [3.63, 3.8) is 0 Å². The Bertz CT molecular complexity index is 317. The Kier molecular flexibility index (Phi) is 8.17. The van der Waals surface area contributed by atoms with Crippen LogP contribution in [-0.4, -0.2) is 43.2 Å². The summed E-state index contributed by atoms with van der Waals surface area (Å²) in [6, 6.07) is 0. The zero-order chi connectivity index (χ0) is 13.2. The molecule has 0 spiro atoms. The second-order valence-electron chi connectivity index (χ2n) is 4.27. The van der Waals surface area contributed by atoms with Crippen LogP contribution in [0.3, 0.4) is 0 Å². The molecule has 0 bridgehead atoms. The van der Waals surface area contributed by atoms with Crippen molar-refractivity contribution in [2.24, 2.45) is 0 Å². The van der Waals surface area contributed by atoms with E-state index < -0.39 is 0 Å². The molecule has 0 aromatic carbocycles. The van der Waals surface area contributed by atoms with Gasteiger partial charge in [-0.2, -0.15) is 0 Å². The van der Waals surface area contributed by atoms with Gasteiger partial charge >= 0.3 is 0 Å². The Morgan fingerprint density at radius 3 is 2.94 bits per heavy atom. The molecule has 1 aromatic heterocycles. The van der Waals surface area contributed by atoms with Crippen LogP contribution in [-0.2, 0) is 17.8 Å². The lowest BCUT2D eigenvalue weighted by Gasteiger charge is -2.18. The number of likely N-dealkylation sites (N-methyl/N-ethyl adjacent to an activating group) is 1. The Hall–Kier alpha value is -0.490. The zero-order valence-corrected chi connectivity index (χ0v) is 12.6. The van der Waals surface area contributed by atoms with Gasteiger partial charge in [-0.15, -0.1) is 11.3 Å². The standard InChI is InChI=1S/C13H25N3OS/c1-4-6-14-9-13-15-12(11-18-13)10-16(5-2)7-8-17-3/h11,14H,4-10H2,1-3H3. The molecule has 1 heterocycles. The van der Waals surface area contributed by atoms with E-state index in [0.717, 1.165) is 39.3 Å². The van der Waals surface area contributed by atoms with Crippen molar-refractivity contribution in [2.75, 3.05) is 33.4 Å². The van der Waals surface area contributed by atoms with Crippen LogP contribution in [0.25, 0.3) is 0 Å². The van der Waals surface area contributed by atoms with Gasteiger partial charge in [-0.05, 0) is 19.5 Å². The summed E-state index contributed by atoms with van der Waals surface area (Å²) in [4.78, 5) is 7.00. The van der Waals surface area contributed by atoms with Crippen LogP contribution in [0.15, 0.2) is 5.38 Å². The predicted molar refractivity (Wildman–Crippen MR) is 76.9 cm³/mol. The number of methoxy groups -OCH3 is 1. The largest absolute Gasteiger partial charge is 0.383 e. The molecule has 0 aliphatic carbocycles. The van der Waals surface area contributed by atoms with Gasteiger partial charge in [-0.25, -0.2) is 4.98 Å². The first-order valence-corrected chi connectivity index (χ1v) is 7.53. The van der Waals surface area contributed by atoms with Gasteiger partial charge in [0.25, 0.3) is 0 Å². The summed E-state index contributed by atoms with van der Waals surface area (Å²) in [6.07, 6.45) is 1.17. The van der Waals surface area contributed by atoms with Crippen molar-refractivity contribution in [1.29, 1.82) is 0 Å². The number of rotatable bonds is 10. The van der Waals surface area contributed by atoms with Gasteiger partial charge in [0, 0.05) is 32.1 Å². The third-order valence-electron chi connectivity index (χ3n) is 2.75. The van der Waals surface area contributed by atoms with Gasteiger partial charge in [0.05, 0.1) is 12.3 Å². The maximum absolute atomic E-state index is 5.11. The molecule has 104 valence electrons. The summed E-state index contributed by atoms with van der Waals surface area (Å²) >= 11 is 1.74. The summed E-state index contributed by atoms with van der Waals surface area (Å²) in [7, 11) is 1.74. The minimum absolute atomic E-state index is 0.781. The first-order chi connectivity index (χ1) is 8.80. The molecule has 4 nitrogen and oxygen atoms in total. The molecule has 0 atom stereocenters. The topological polar surface area (TPSA) is 37.4 Å². The lowest BCUT2D eigenvalue weighted by molar-refractivity contribution is 0.147. The fourth-order valence-corrected chi connectivity index (χ4v) is 2.43. The molecular weight excluding hydrogens is 246 g/mol. The second-order valence-corrected chi connectivity index (χ2v) is 5.21. The van der Waals surface area contributed by atoms with E-state index in [2.05, 4.69) is 34.4 Å². The summed E-state index contributed by atoms with van der Waals surface area (Å²) in [6.45, 7) is 10.00. The van der Waals surface area contributed by atoms with Crippen LogP contribution in [0, 0.1) is 0 Å². The summed E-state index contributed by atoms with van der Waals surface area (Å²) in [5.74, 6) is 0. The number of nitrogens with zero attached hydrogens (tertiary/aromatic N) is 2. The number of ether oxygens (including phenoxy) is 1. The van der Waals surface area contributed by atoms with Gasteiger partial charge in [-0.3, -0.25) is 4.90 Å². The van der Waals surface area contributed by atoms with E-state index in [-0.39, 0.29) is 0 Å². The fourth-order valence-electron chi connectivity index (χ4n) is 1.67. The van der Waals surface area contributed by atoms with Crippen LogP contribution in [0.4, 0.5) is 0 Å². The number of hydrogen-bond acceptors (Lipinski definition) is 5. The van der Waals surface area contributed by atoms with Crippen molar-refractivity contribution >= 4 is 11.3 Å². The smallest absolute Gasteiger partial charge is 0.107 e. The maximum atomic E-state index is 5.11. The van der Waals surface area contributed by atoms with Crippen LogP contribution in [0.5, 0.6) is 0 Å². The first-order valence-electron chi connectivity index (χ1n) is 6.65. The average Bonchev–Trinajstić information content (AvgIpc) is 2.82. The quantitative estimate of drug-likeness (QED) is 0.661. The molecular formula is C13H25N3OS. The van der Waals surface area contributed by atoms with Crippen LogP contribution >= 0.6 is 11.3 Å². The molecule has 0 radical (unpaired) electrons. The van der Waals surface area contributed by atoms with E-state index in [4.69, 9.17) is 4.74 Å². The van der Waals surface area contributed by atoms with E-state index >= 15 is 0 Å². The number of nitrogens with one attached hydrogen (secondary N) is 1. The molecule has 0 amide bonds. The van der Waals surface area contributed by atoms with Gasteiger partial charge in [0.1, 0.15) is 5.01 Å². The van der Waals surface area contributed by atoms with E-state index in [1.807, 2.05) is 0 Å². The zero-order valence-electron chi connectivity index (χ0n) is 11.7. The molecule has 0 unspecified atom stereocenters. The highest BCUT2D eigenvalue weighted by Crippen LogP contribution is 2.11. The molecule has 1 aromatic rings. The number of hydrogen-bond donors (Lipinski definition) is 1. The van der Waals surface area contributed by atoms with Crippen molar-refractivity contribution in [1.82, 2.24) is 15.2 Å². The van der Waals surface area contributed by atoms with E-state index in [0.29, 0.717) is 0 Å². The van der Waals surface area contributed by atoms with E-state index in [9.17, 15) is 0 Å². The summed E-state index contributed by atoms with van der Waals surface area (Å²) in [5.41, 5.74) is 1.17. The highest BCUT2D eigenvalue weighted by molar-refractivity contribution is 7.09. The molecule has 18 heavy (non-hydrogen) atoms. The lowest BCUT2D eigenvalue weighted by atomic mass is 10.4. The highest BCUT2D eigenvalue weighted by atomic mass is 32.1. The van der Waals surface area contributed by atoms with Gasteiger partial charge in [0.15, 0.2) is 0 Å². The van der Waals surface area contributed by atoms with Crippen molar-refractivity contribution in [3.05, 3.63) is 16.1 Å². The van der Waals surface area contributed by atoms with Crippen LogP contribution in [0.2, 0.25) is 0 Å². The molecule has 1 rings (SSSR count). The third-order valence-corrected chi connectivity index (χ3v) is 3.64. The molecule has 0 aliphatic heterocycles. The first kappa shape index (κ1) is 15.6. The SMILES string of the molecule is CCCNCc1nc(CN(CC)CCOC)cs1. The molecule has 0 saturated heterocycles. The average molecular weight is 271 g/mol. The van der Waals surface area contributed by atoms with Crippen LogP contribution in [0.1, 0.15) is 31.0 Å². The minimum Gasteiger partial charge on any atom is -0.383 e. The number of aromatic nitrogens is 1. The van der Waals surface area contributed by atoms with Gasteiger partial charge in [0.2, 0.25) is 0 Å². The third kappa shape index (κ3) is 5.91. The maximum Gasteiger partial charge on any atom is 0.107 e.